The van der Waals surface area contributed by atoms with Crippen LogP contribution in [0, 0.1) is 11.8 Å². The maximum Gasteiger partial charge on any atom is 0.226 e. The second-order valence-corrected chi connectivity index (χ2v) is 6.80. The van der Waals surface area contributed by atoms with Gasteiger partial charge >= 0.3 is 0 Å². The summed E-state index contributed by atoms with van der Waals surface area (Å²) in [5.41, 5.74) is 2.03. The summed E-state index contributed by atoms with van der Waals surface area (Å²) in [5, 5.41) is 2.82. The molecule has 0 unspecified atom stereocenters. The third kappa shape index (κ3) is 4.10. The smallest absolute Gasteiger partial charge is 0.226 e. The average molecular weight is 315 g/mol. The van der Waals surface area contributed by atoms with Crippen molar-refractivity contribution in [2.24, 2.45) is 11.8 Å². The van der Waals surface area contributed by atoms with Crippen molar-refractivity contribution >= 4 is 17.5 Å². The fourth-order valence-electron chi connectivity index (χ4n) is 3.24. The van der Waals surface area contributed by atoms with Crippen molar-refractivity contribution < 1.29 is 9.59 Å². The van der Waals surface area contributed by atoms with Crippen molar-refractivity contribution in [1.29, 1.82) is 0 Å². The molecule has 5 heteroatoms. The summed E-state index contributed by atoms with van der Waals surface area (Å²) in [6, 6.07) is 7.96. The highest BCUT2D eigenvalue weighted by Gasteiger charge is 2.41. The number of amides is 2. The Morgan fingerprint density at radius 3 is 2.52 bits per heavy atom. The highest BCUT2D eigenvalue weighted by Crippen LogP contribution is 2.39. The molecule has 3 rings (SSSR count). The minimum absolute atomic E-state index is 0.0522. The number of carbonyl (C=O) groups excluding carboxylic acids is 2. The van der Waals surface area contributed by atoms with Crippen LogP contribution in [0.1, 0.15) is 25.8 Å². The lowest BCUT2D eigenvalue weighted by Crippen LogP contribution is -2.48. The Bertz CT molecular complexity index is 594. The van der Waals surface area contributed by atoms with Gasteiger partial charge in [0.25, 0.3) is 0 Å². The van der Waals surface area contributed by atoms with Crippen molar-refractivity contribution in [3.63, 3.8) is 0 Å². The van der Waals surface area contributed by atoms with E-state index in [-0.39, 0.29) is 11.8 Å². The van der Waals surface area contributed by atoms with Crippen LogP contribution in [0.25, 0.3) is 0 Å². The predicted octanol–water partition coefficient (Wildman–Crippen LogP) is 1.95. The number of hydrogen-bond donors (Lipinski definition) is 1. The van der Waals surface area contributed by atoms with Crippen LogP contribution in [0.3, 0.4) is 0 Å². The first-order valence-electron chi connectivity index (χ1n) is 8.40. The van der Waals surface area contributed by atoms with Gasteiger partial charge in [0.15, 0.2) is 0 Å². The lowest BCUT2D eigenvalue weighted by atomic mass is 10.1. The summed E-state index contributed by atoms with van der Waals surface area (Å²) >= 11 is 0. The monoisotopic (exact) mass is 315 g/mol. The molecular formula is C18H25N3O2. The molecule has 1 saturated carbocycles. The normalized spacial score (nSPS) is 24.3. The van der Waals surface area contributed by atoms with Gasteiger partial charge in [-0.25, -0.2) is 0 Å². The molecule has 0 aromatic heterocycles. The summed E-state index contributed by atoms with van der Waals surface area (Å²) < 4.78 is 0. The lowest BCUT2D eigenvalue weighted by Gasteiger charge is -2.35. The highest BCUT2D eigenvalue weighted by molar-refractivity contribution is 5.88. The molecule has 124 valence electrons. The number of nitrogens with one attached hydrogen (secondary N) is 1. The van der Waals surface area contributed by atoms with Crippen molar-refractivity contribution in [1.82, 2.24) is 9.80 Å². The van der Waals surface area contributed by atoms with Crippen LogP contribution in [0.4, 0.5) is 5.69 Å². The van der Waals surface area contributed by atoms with E-state index in [4.69, 9.17) is 0 Å². The second-order valence-electron chi connectivity index (χ2n) is 6.80. The van der Waals surface area contributed by atoms with Crippen molar-refractivity contribution in [3.05, 3.63) is 29.8 Å². The molecule has 1 aromatic carbocycles. The molecule has 2 fully saturated rings. The topological polar surface area (TPSA) is 52.7 Å². The van der Waals surface area contributed by atoms with Crippen LogP contribution < -0.4 is 5.32 Å². The average Bonchev–Trinajstić information content (AvgIpc) is 3.24. The Kier molecular flexibility index (Phi) is 4.66. The van der Waals surface area contributed by atoms with Gasteiger partial charge < -0.3 is 10.2 Å². The van der Waals surface area contributed by atoms with Gasteiger partial charge in [0.2, 0.25) is 11.8 Å². The summed E-state index contributed by atoms with van der Waals surface area (Å²) in [5.74, 6) is 1.17. The third-order valence-electron chi connectivity index (χ3n) is 4.76. The highest BCUT2D eigenvalue weighted by atomic mass is 16.2. The SMILES string of the molecule is CC(=O)Nc1cccc(CN2CCN(C(=O)[C@@H]3C[C@@H]3C)CC2)c1. The van der Waals surface area contributed by atoms with Gasteiger partial charge in [-0.05, 0) is 30.0 Å². The van der Waals surface area contributed by atoms with Gasteiger partial charge in [-0.2, -0.15) is 0 Å². The summed E-state index contributed by atoms with van der Waals surface area (Å²) in [7, 11) is 0. The van der Waals surface area contributed by atoms with Crippen LogP contribution in [-0.2, 0) is 16.1 Å². The van der Waals surface area contributed by atoms with E-state index < -0.39 is 0 Å². The Morgan fingerprint density at radius 1 is 1.22 bits per heavy atom. The fourth-order valence-corrected chi connectivity index (χ4v) is 3.24. The number of carbonyl (C=O) groups is 2. The first kappa shape index (κ1) is 16.0. The molecule has 1 heterocycles. The van der Waals surface area contributed by atoms with E-state index in [9.17, 15) is 9.59 Å². The first-order chi connectivity index (χ1) is 11.0. The molecule has 0 spiro atoms. The first-order valence-corrected chi connectivity index (χ1v) is 8.40. The van der Waals surface area contributed by atoms with Crippen molar-refractivity contribution in [2.45, 2.75) is 26.8 Å². The molecule has 1 aliphatic heterocycles. The van der Waals surface area contributed by atoms with Crippen LogP contribution >= 0.6 is 0 Å². The zero-order chi connectivity index (χ0) is 16.4. The van der Waals surface area contributed by atoms with Crippen LogP contribution in [0.15, 0.2) is 24.3 Å². The predicted molar refractivity (Wildman–Crippen MR) is 89.9 cm³/mol. The molecule has 23 heavy (non-hydrogen) atoms. The third-order valence-corrected chi connectivity index (χ3v) is 4.76. The summed E-state index contributed by atoms with van der Waals surface area (Å²) in [6.07, 6.45) is 1.06. The molecule has 1 N–H and O–H groups in total. The van der Waals surface area contributed by atoms with Crippen LogP contribution in [0.5, 0.6) is 0 Å². The van der Waals surface area contributed by atoms with Crippen molar-refractivity contribution in [3.8, 4) is 0 Å². The summed E-state index contributed by atoms with van der Waals surface area (Å²) in [6.45, 7) is 8.01. The molecule has 1 aromatic rings. The minimum Gasteiger partial charge on any atom is -0.340 e. The molecule has 2 atom stereocenters. The summed E-state index contributed by atoms with van der Waals surface area (Å²) in [4.78, 5) is 27.8. The Hall–Kier alpha value is -1.88. The quantitative estimate of drug-likeness (QED) is 0.924. The Balaban J connectivity index is 1.50. The van der Waals surface area contributed by atoms with Gasteiger partial charge in [0, 0.05) is 51.3 Å². The Morgan fingerprint density at radius 2 is 1.91 bits per heavy atom. The van der Waals surface area contributed by atoms with Gasteiger partial charge in [-0.1, -0.05) is 19.1 Å². The molecule has 1 aliphatic carbocycles. The molecule has 2 amide bonds. The molecule has 0 radical (unpaired) electrons. The minimum atomic E-state index is -0.0522. The number of anilines is 1. The van der Waals surface area contributed by atoms with Gasteiger partial charge in [0.05, 0.1) is 0 Å². The van der Waals surface area contributed by atoms with Gasteiger partial charge in [-0.3, -0.25) is 14.5 Å². The van der Waals surface area contributed by atoms with E-state index in [1.807, 2.05) is 23.1 Å². The second kappa shape index (κ2) is 6.71. The van der Waals surface area contributed by atoms with E-state index in [0.29, 0.717) is 11.8 Å². The van der Waals surface area contributed by atoms with E-state index in [1.165, 1.54) is 12.5 Å². The fraction of sp³-hybridized carbons (Fsp3) is 0.556. The molecule has 2 aliphatic rings. The van der Waals surface area contributed by atoms with E-state index >= 15 is 0 Å². The molecular weight excluding hydrogens is 290 g/mol. The number of benzene rings is 1. The number of nitrogens with zero attached hydrogens (tertiary/aromatic N) is 2. The zero-order valence-electron chi connectivity index (χ0n) is 13.9. The standard InChI is InChI=1S/C18H25N3O2/c1-13-10-17(13)18(23)21-8-6-20(7-9-21)12-15-4-3-5-16(11-15)19-14(2)22/h3-5,11,13,17H,6-10,12H2,1-2H3,(H,19,22)/t13-,17+/m0/s1. The lowest BCUT2D eigenvalue weighted by molar-refractivity contribution is -0.134. The van der Waals surface area contributed by atoms with Gasteiger partial charge in [0.1, 0.15) is 0 Å². The number of hydrogen-bond acceptors (Lipinski definition) is 3. The Labute approximate surface area is 137 Å². The van der Waals surface area contributed by atoms with E-state index in [1.54, 1.807) is 0 Å². The van der Waals surface area contributed by atoms with E-state index in [2.05, 4.69) is 23.2 Å². The van der Waals surface area contributed by atoms with Crippen LogP contribution in [0.2, 0.25) is 0 Å². The number of rotatable bonds is 4. The molecule has 1 saturated heterocycles. The maximum absolute atomic E-state index is 12.3. The van der Waals surface area contributed by atoms with Gasteiger partial charge in [-0.15, -0.1) is 0 Å². The van der Waals surface area contributed by atoms with E-state index in [0.717, 1.165) is 44.8 Å². The zero-order valence-corrected chi connectivity index (χ0v) is 13.9. The largest absolute Gasteiger partial charge is 0.340 e. The maximum atomic E-state index is 12.3. The molecule has 0 bridgehead atoms. The van der Waals surface area contributed by atoms with Crippen molar-refractivity contribution in [2.75, 3.05) is 31.5 Å². The number of piperazine rings is 1. The van der Waals surface area contributed by atoms with Crippen LogP contribution in [-0.4, -0.2) is 47.8 Å². The molecule has 5 nitrogen and oxygen atoms in total.